The highest BCUT2D eigenvalue weighted by Crippen LogP contribution is 2.18. The Morgan fingerprint density at radius 2 is 1.82 bits per heavy atom. The first kappa shape index (κ1) is 16.1. The fourth-order valence-corrected chi connectivity index (χ4v) is 3.15. The largest absolute Gasteiger partial charge is 0.270 e. The number of hydrogen-bond acceptors (Lipinski definition) is 4. The Kier molecular flexibility index (Phi) is 4.89. The van der Waals surface area contributed by atoms with Crippen LogP contribution in [0.15, 0.2) is 59.5 Å². The second kappa shape index (κ2) is 6.67. The number of benzene rings is 2. The van der Waals surface area contributed by atoms with Crippen molar-refractivity contribution in [1.82, 2.24) is 4.72 Å². The van der Waals surface area contributed by atoms with E-state index in [2.05, 4.69) is 4.72 Å². The molecule has 6 nitrogen and oxygen atoms in total. The number of hydrogen-bond donors (Lipinski definition) is 1. The van der Waals surface area contributed by atoms with E-state index in [9.17, 15) is 18.5 Å². The Labute approximate surface area is 129 Å². The van der Waals surface area contributed by atoms with Crippen molar-refractivity contribution >= 4 is 15.7 Å². The number of nitrogens with one attached hydrogen (secondary N) is 1. The van der Waals surface area contributed by atoms with Gasteiger partial charge in [-0.1, -0.05) is 43.3 Å². The summed E-state index contributed by atoms with van der Waals surface area (Å²) in [6, 6.07) is 14.5. The zero-order valence-corrected chi connectivity index (χ0v) is 12.8. The summed E-state index contributed by atoms with van der Waals surface area (Å²) in [7, 11) is -3.77. The molecule has 0 aliphatic heterocycles. The first-order valence-corrected chi connectivity index (χ1v) is 8.17. The molecule has 2 aromatic carbocycles. The highest BCUT2D eigenvalue weighted by Gasteiger charge is 2.18. The van der Waals surface area contributed by atoms with Crippen LogP contribution < -0.4 is 4.72 Å². The van der Waals surface area contributed by atoms with Crippen LogP contribution in [0.2, 0.25) is 0 Å². The summed E-state index contributed by atoms with van der Waals surface area (Å²) in [5, 5.41) is 10.7. The third-order valence-electron chi connectivity index (χ3n) is 3.29. The summed E-state index contributed by atoms with van der Waals surface area (Å²) in [6.45, 7) is 2.13. The number of nitrogens with zero attached hydrogens (tertiary/aromatic N) is 1. The summed E-state index contributed by atoms with van der Waals surface area (Å²) in [4.78, 5) is 9.99. The molecule has 1 atom stereocenters. The van der Waals surface area contributed by atoms with Crippen LogP contribution in [0.3, 0.4) is 0 Å². The quantitative estimate of drug-likeness (QED) is 0.654. The van der Waals surface area contributed by atoms with Gasteiger partial charge in [-0.25, -0.2) is 13.1 Å². The molecular formula is C15H16N2O4S. The van der Waals surface area contributed by atoms with Gasteiger partial charge in [-0.15, -0.1) is 0 Å². The molecule has 0 spiro atoms. The molecule has 0 amide bonds. The van der Waals surface area contributed by atoms with E-state index in [1.807, 2.05) is 37.3 Å². The predicted molar refractivity (Wildman–Crippen MR) is 83.1 cm³/mol. The standard InChI is InChI=1S/C15H16N2O4S/c1-12(13-6-3-2-4-7-13)11-16-22(20,21)15-9-5-8-14(10-15)17(18)19/h2-10,12,16H,11H2,1H3. The van der Waals surface area contributed by atoms with Gasteiger partial charge in [-0.05, 0) is 17.5 Å². The lowest BCUT2D eigenvalue weighted by molar-refractivity contribution is -0.385. The third-order valence-corrected chi connectivity index (χ3v) is 4.71. The SMILES string of the molecule is CC(CNS(=O)(=O)c1cccc([N+](=O)[O-])c1)c1ccccc1. The molecule has 0 aromatic heterocycles. The maximum Gasteiger partial charge on any atom is 0.270 e. The minimum atomic E-state index is -3.77. The van der Waals surface area contributed by atoms with Gasteiger partial charge in [-0.3, -0.25) is 10.1 Å². The van der Waals surface area contributed by atoms with E-state index in [0.29, 0.717) is 0 Å². The molecule has 22 heavy (non-hydrogen) atoms. The lowest BCUT2D eigenvalue weighted by Gasteiger charge is -2.13. The smallest absolute Gasteiger partial charge is 0.258 e. The van der Waals surface area contributed by atoms with E-state index in [4.69, 9.17) is 0 Å². The van der Waals surface area contributed by atoms with Gasteiger partial charge in [0.2, 0.25) is 10.0 Å². The van der Waals surface area contributed by atoms with Gasteiger partial charge in [0, 0.05) is 18.7 Å². The predicted octanol–water partition coefficient (Wildman–Crippen LogP) is 2.68. The summed E-state index contributed by atoms with van der Waals surface area (Å²) < 4.78 is 26.9. The maximum absolute atomic E-state index is 12.2. The van der Waals surface area contributed by atoms with E-state index in [1.54, 1.807) is 0 Å². The molecule has 0 bridgehead atoms. The molecule has 2 rings (SSSR count). The van der Waals surface area contributed by atoms with Gasteiger partial charge in [0.15, 0.2) is 0 Å². The van der Waals surface area contributed by atoms with Crippen molar-refractivity contribution in [3.8, 4) is 0 Å². The second-order valence-corrected chi connectivity index (χ2v) is 6.69. The van der Waals surface area contributed by atoms with Crippen LogP contribution in [-0.2, 0) is 10.0 Å². The first-order valence-electron chi connectivity index (χ1n) is 6.69. The van der Waals surface area contributed by atoms with Crippen LogP contribution >= 0.6 is 0 Å². The Morgan fingerprint density at radius 3 is 2.45 bits per heavy atom. The van der Waals surface area contributed by atoms with Crippen molar-refractivity contribution in [2.45, 2.75) is 17.7 Å². The fourth-order valence-electron chi connectivity index (χ4n) is 1.98. The maximum atomic E-state index is 12.2. The Bertz CT molecular complexity index is 760. The molecule has 0 saturated heterocycles. The highest BCUT2D eigenvalue weighted by atomic mass is 32.2. The van der Waals surface area contributed by atoms with Crippen LogP contribution in [0, 0.1) is 10.1 Å². The average Bonchev–Trinajstić information content (AvgIpc) is 2.53. The van der Waals surface area contributed by atoms with Crippen molar-refractivity contribution in [1.29, 1.82) is 0 Å². The number of non-ortho nitro benzene ring substituents is 1. The van der Waals surface area contributed by atoms with Crippen LogP contribution in [0.25, 0.3) is 0 Å². The van der Waals surface area contributed by atoms with E-state index in [-0.39, 0.29) is 23.0 Å². The number of rotatable bonds is 6. The summed E-state index contributed by atoms with van der Waals surface area (Å²) in [5.74, 6) is -0.00493. The monoisotopic (exact) mass is 320 g/mol. The van der Waals surface area contributed by atoms with E-state index in [0.717, 1.165) is 11.6 Å². The Hall–Kier alpha value is -2.25. The van der Waals surface area contributed by atoms with Crippen molar-refractivity contribution in [3.05, 3.63) is 70.3 Å². The summed E-state index contributed by atoms with van der Waals surface area (Å²) >= 11 is 0. The lowest BCUT2D eigenvalue weighted by Crippen LogP contribution is -2.27. The van der Waals surface area contributed by atoms with Crippen LogP contribution in [0.5, 0.6) is 0 Å². The van der Waals surface area contributed by atoms with Gasteiger partial charge >= 0.3 is 0 Å². The highest BCUT2D eigenvalue weighted by molar-refractivity contribution is 7.89. The van der Waals surface area contributed by atoms with Crippen LogP contribution in [0.4, 0.5) is 5.69 Å². The molecular weight excluding hydrogens is 304 g/mol. The zero-order chi connectivity index (χ0) is 16.2. The molecule has 116 valence electrons. The lowest BCUT2D eigenvalue weighted by atomic mass is 10.0. The summed E-state index contributed by atoms with van der Waals surface area (Å²) in [6.07, 6.45) is 0. The molecule has 0 aliphatic rings. The van der Waals surface area contributed by atoms with Gasteiger partial charge < -0.3 is 0 Å². The molecule has 7 heteroatoms. The molecule has 0 saturated carbocycles. The minimum absolute atomic E-state index is 0.00493. The van der Waals surface area contributed by atoms with E-state index < -0.39 is 14.9 Å². The van der Waals surface area contributed by atoms with Gasteiger partial charge in [-0.2, -0.15) is 0 Å². The normalized spacial score (nSPS) is 12.8. The number of nitro benzene ring substituents is 1. The van der Waals surface area contributed by atoms with Crippen LogP contribution in [-0.4, -0.2) is 19.9 Å². The molecule has 2 aromatic rings. The fraction of sp³-hybridized carbons (Fsp3) is 0.200. The molecule has 0 fully saturated rings. The van der Waals surface area contributed by atoms with E-state index >= 15 is 0 Å². The molecule has 1 N–H and O–H groups in total. The molecule has 0 aliphatic carbocycles. The number of nitro groups is 1. The van der Waals surface area contributed by atoms with Crippen molar-refractivity contribution in [2.24, 2.45) is 0 Å². The third kappa shape index (κ3) is 3.90. The first-order chi connectivity index (χ1) is 10.4. The molecule has 0 heterocycles. The molecule has 1 unspecified atom stereocenters. The van der Waals surface area contributed by atoms with Crippen molar-refractivity contribution in [2.75, 3.05) is 6.54 Å². The van der Waals surface area contributed by atoms with Crippen LogP contribution in [0.1, 0.15) is 18.4 Å². The Morgan fingerprint density at radius 1 is 1.14 bits per heavy atom. The topological polar surface area (TPSA) is 89.3 Å². The minimum Gasteiger partial charge on any atom is -0.258 e. The molecule has 0 radical (unpaired) electrons. The number of sulfonamides is 1. The Balaban J connectivity index is 2.11. The van der Waals surface area contributed by atoms with Crippen molar-refractivity contribution in [3.63, 3.8) is 0 Å². The van der Waals surface area contributed by atoms with E-state index in [1.165, 1.54) is 18.2 Å². The zero-order valence-electron chi connectivity index (χ0n) is 12.0. The van der Waals surface area contributed by atoms with Gasteiger partial charge in [0.1, 0.15) is 0 Å². The van der Waals surface area contributed by atoms with Gasteiger partial charge in [0.05, 0.1) is 9.82 Å². The van der Waals surface area contributed by atoms with Gasteiger partial charge in [0.25, 0.3) is 5.69 Å². The van der Waals surface area contributed by atoms with Crippen molar-refractivity contribution < 1.29 is 13.3 Å². The second-order valence-electron chi connectivity index (χ2n) is 4.92. The summed E-state index contributed by atoms with van der Waals surface area (Å²) in [5.41, 5.74) is 0.767. The average molecular weight is 320 g/mol.